The molecule has 2 rings (SSSR count). The van der Waals surface area contributed by atoms with Gasteiger partial charge in [0.05, 0.1) is 10.1 Å². The van der Waals surface area contributed by atoms with Gasteiger partial charge in [-0.25, -0.2) is 0 Å². The molecule has 1 aliphatic carbocycles. The van der Waals surface area contributed by atoms with Crippen LogP contribution in [0.1, 0.15) is 50.2 Å². The number of nitrogens with one attached hydrogen (secondary N) is 1. The van der Waals surface area contributed by atoms with Crippen molar-refractivity contribution < 1.29 is 0 Å². The molecule has 24 heavy (non-hydrogen) atoms. The van der Waals surface area contributed by atoms with E-state index in [2.05, 4.69) is 54.7 Å². The molecule has 1 aromatic rings. The van der Waals surface area contributed by atoms with Crippen LogP contribution in [0.15, 0.2) is 53.1 Å². The van der Waals surface area contributed by atoms with E-state index >= 15 is 0 Å². The maximum absolute atomic E-state index is 4.52. The molecular formula is C21H30N2S. The molecule has 0 heterocycles. The zero-order chi connectivity index (χ0) is 17.4. The van der Waals surface area contributed by atoms with E-state index in [9.17, 15) is 0 Å². The Balaban J connectivity index is 1.87. The minimum atomic E-state index is 0.612. The molecule has 0 saturated heterocycles. The van der Waals surface area contributed by atoms with Gasteiger partial charge in [0.1, 0.15) is 0 Å². The molecule has 0 bridgehead atoms. The maximum Gasteiger partial charge on any atom is 0.0764 e. The molecule has 1 saturated carbocycles. The Morgan fingerprint density at radius 3 is 2.46 bits per heavy atom. The van der Waals surface area contributed by atoms with Crippen molar-refractivity contribution in [3.05, 3.63) is 59.3 Å². The molecule has 0 aromatic heterocycles. The van der Waals surface area contributed by atoms with Crippen LogP contribution in [0.5, 0.6) is 0 Å². The first-order valence-electron chi connectivity index (χ1n) is 8.99. The smallest absolute Gasteiger partial charge is 0.0764 e. The predicted octanol–water partition coefficient (Wildman–Crippen LogP) is 5.71. The van der Waals surface area contributed by atoms with E-state index in [0.717, 1.165) is 23.6 Å². The molecule has 0 amide bonds. The second-order valence-electron chi connectivity index (χ2n) is 6.45. The van der Waals surface area contributed by atoms with E-state index < -0.39 is 0 Å². The molecule has 1 fully saturated rings. The van der Waals surface area contributed by atoms with Crippen molar-refractivity contribution in [1.29, 1.82) is 0 Å². The number of allylic oxidation sites excluding steroid dienone is 1. The average molecular weight is 343 g/mol. The van der Waals surface area contributed by atoms with Crippen LogP contribution in [0.25, 0.3) is 0 Å². The van der Waals surface area contributed by atoms with Gasteiger partial charge in [-0.15, -0.1) is 0 Å². The summed E-state index contributed by atoms with van der Waals surface area (Å²) in [6.45, 7) is 10.5. The number of rotatable bonds is 7. The Labute approximate surface area is 151 Å². The molecule has 1 N–H and O–H groups in total. The van der Waals surface area contributed by atoms with Crippen molar-refractivity contribution in [3.63, 3.8) is 0 Å². The normalized spacial score (nSPS) is 16.0. The fraction of sp³-hybridized carbons (Fsp3) is 0.476. The summed E-state index contributed by atoms with van der Waals surface area (Å²) >= 11 is 1.68. The Hall–Kier alpha value is -1.48. The summed E-state index contributed by atoms with van der Waals surface area (Å²) in [5, 5.41) is 5.52. The third-order valence-corrected chi connectivity index (χ3v) is 5.70. The summed E-state index contributed by atoms with van der Waals surface area (Å²) < 4.78 is 0. The lowest BCUT2D eigenvalue weighted by Gasteiger charge is -2.23. The molecule has 0 aliphatic heterocycles. The van der Waals surface area contributed by atoms with Gasteiger partial charge in [-0.3, -0.25) is 4.99 Å². The van der Waals surface area contributed by atoms with E-state index in [0.29, 0.717) is 5.92 Å². The molecule has 3 heteroatoms. The highest BCUT2D eigenvalue weighted by atomic mass is 32.2. The number of hydrogen-bond acceptors (Lipinski definition) is 3. The van der Waals surface area contributed by atoms with Crippen molar-refractivity contribution in [1.82, 2.24) is 5.32 Å². The Morgan fingerprint density at radius 2 is 1.83 bits per heavy atom. The Kier molecular flexibility index (Phi) is 7.64. The van der Waals surface area contributed by atoms with Gasteiger partial charge >= 0.3 is 0 Å². The topological polar surface area (TPSA) is 24.4 Å². The number of thioether (sulfide) groups is 1. The lowest BCUT2D eigenvalue weighted by atomic mass is 9.90. The molecule has 0 spiro atoms. The lowest BCUT2D eigenvalue weighted by Crippen LogP contribution is -2.18. The van der Waals surface area contributed by atoms with E-state index in [1.807, 2.05) is 7.05 Å². The van der Waals surface area contributed by atoms with Gasteiger partial charge in [-0.2, -0.15) is 0 Å². The number of benzene rings is 1. The van der Waals surface area contributed by atoms with Crippen molar-refractivity contribution in [2.45, 2.75) is 51.9 Å². The molecular weight excluding hydrogens is 312 g/mol. The van der Waals surface area contributed by atoms with Crippen molar-refractivity contribution in [3.8, 4) is 0 Å². The largest absolute Gasteiger partial charge is 0.354 e. The second kappa shape index (κ2) is 9.73. The van der Waals surface area contributed by atoms with Gasteiger partial charge in [0.2, 0.25) is 0 Å². The zero-order valence-corrected chi connectivity index (χ0v) is 15.9. The SMILES string of the molecule is C=C(Cc1ccccc1CC)NC(=C)SC(=NC)C1CCCCC1. The van der Waals surface area contributed by atoms with E-state index in [4.69, 9.17) is 0 Å². The van der Waals surface area contributed by atoms with Crippen LogP contribution in [0, 0.1) is 5.92 Å². The summed E-state index contributed by atoms with van der Waals surface area (Å²) in [5.41, 5.74) is 3.72. The van der Waals surface area contributed by atoms with E-state index in [-0.39, 0.29) is 0 Å². The van der Waals surface area contributed by atoms with Crippen LogP contribution < -0.4 is 5.32 Å². The summed E-state index contributed by atoms with van der Waals surface area (Å²) in [4.78, 5) is 4.52. The molecule has 1 aromatic carbocycles. The standard InChI is InChI=1S/C21H30N2S/c1-5-18-11-9-10-14-20(18)15-16(2)23-17(3)24-21(22-4)19-12-7-6-8-13-19/h9-11,14,19,23H,2-3,5-8,12-13,15H2,1,4H3. The molecule has 2 nitrogen and oxygen atoms in total. The highest BCUT2D eigenvalue weighted by Gasteiger charge is 2.20. The van der Waals surface area contributed by atoms with Gasteiger partial charge in [0.15, 0.2) is 0 Å². The van der Waals surface area contributed by atoms with Gasteiger partial charge in [0, 0.05) is 25.1 Å². The minimum absolute atomic E-state index is 0.612. The summed E-state index contributed by atoms with van der Waals surface area (Å²) in [7, 11) is 1.90. The number of aliphatic imine (C=N–C) groups is 1. The first-order valence-corrected chi connectivity index (χ1v) is 9.80. The first kappa shape index (κ1) is 18.9. The van der Waals surface area contributed by atoms with E-state index in [1.165, 1.54) is 48.3 Å². The summed E-state index contributed by atoms with van der Waals surface area (Å²) in [6, 6.07) is 8.57. The zero-order valence-electron chi connectivity index (χ0n) is 15.1. The van der Waals surface area contributed by atoms with Crippen molar-refractivity contribution in [2.24, 2.45) is 10.9 Å². The Bertz CT molecular complexity index is 598. The number of aryl methyl sites for hydroxylation is 1. The Morgan fingerprint density at radius 1 is 1.17 bits per heavy atom. The van der Waals surface area contributed by atoms with Crippen LogP contribution in [-0.4, -0.2) is 12.1 Å². The van der Waals surface area contributed by atoms with E-state index in [1.54, 1.807) is 11.8 Å². The van der Waals surface area contributed by atoms with Gasteiger partial charge in [-0.1, -0.05) is 75.4 Å². The van der Waals surface area contributed by atoms with Crippen molar-refractivity contribution in [2.75, 3.05) is 7.05 Å². The molecule has 0 unspecified atom stereocenters. The average Bonchev–Trinajstić information content (AvgIpc) is 2.60. The number of nitrogens with zero attached hydrogens (tertiary/aromatic N) is 1. The maximum atomic E-state index is 4.52. The van der Waals surface area contributed by atoms with Crippen LogP contribution >= 0.6 is 11.8 Å². The van der Waals surface area contributed by atoms with Gasteiger partial charge in [0.25, 0.3) is 0 Å². The third kappa shape index (κ3) is 5.55. The molecule has 0 atom stereocenters. The second-order valence-corrected chi connectivity index (χ2v) is 7.56. The summed E-state index contributed by atoms with van der Waals surface area (Å²) in [6.07, 6.45) is 8.43. The highest BCUT2D eigenvalue weighted by Crippen LogP contribution is 2.31. The molecule has 130 valence electrons. The highest BCUT2D eigenvalue weighted by molar-refractivity contribution is 8.17. The van der Waals surface area contributed by atoms with Gasteiger partial charge < -0.3 is 5.32 Å². The predicted molar refractivity (Wildman–Crippen MR) is 108 cm³/mol. The third-order valence-electron chi connectivity index (χ3n) is 4.62. The number of hydrogen-bond donors (Lipinski definition) is 1. The van der Waals surface area contributed by atoms with Crippen LogP contribution in [0.3, 0.4) is 0 Å². The lowest BCUT2D eigenvalue weighted by molar-refractivity contribution is 0.443. The molecule has 1 aliphatic rings. The van der Waals surface area contributed by atoms with Crippen LogP contribution in [-0.2, 0) is 12.8 Å². The fourth-order valence-electron chi connectivity index (χ4n) is 3.36. The van der Waals surface area contributed by atoms with Crippen molar-refractivity contribution >= 4 is 16.8 Å². The van der Waals surface area contributed by atoms with Crippen LogP contribution in [0.4, 0.5) is 0 Å². The fourth-order valence-corrected chi connectivity index (χ4v) is 4.30. The van der Waals surface area contributed by atoms with Gasteiger partial charge in [-0.05, 0) is 30.4 Å². The summed E-state index contributed by atoms with van der Waals surface area (Å²) in [5.74, 6) is 0.612. The quantitative estimate of drug-likeness (QED) is 0.507. The minimum Gasteiger partial charge on any atom is -0.354 e. The monoisotopic (exact) mass is 342 g/mol. The molecule has 0 radical (unpaired) electrons. The van der Waals surface area contributed by atoms with Crippen LogP contribution in [0.2, 0.25) is 0 Å². The first-order chi connectivity index (χ1) is 11.6.